The minimum absolute atomic E-state index is 0.0336. The average molecular weight is 480 g/mol. The first-order valence-electron chi connectivity index (χ1n) is 11.7. The lowest BCUT2D eigenvalue weighted by atomic mass is 9.98. The Morgan fingerprint density at radius 2 is 2.03 bits per heavy atom. The number of pyridine rings is 2. The van der Waals surface area contributed by atoms with Gasteiger partial charge in [0.15, 0.2) is 0 Å². The first-order valence-corrected chi connectivity index (χ1v) is 12.7. The molecule has 2 N–H and O–H groups in total. The number of carbonyl (C=O) groups excluding carboxylic acids is 1. The standard InChI is InChI=1S/C25H26FN5O2S/c26-18-11-28-19-2-4-23(33)31-13-16(24(18)25(19)31)12-30-7-5-17(6-8-30)27-10-15-1-3-21-20(9-15)29-22(32)14-34-21/h1-4,9,11,16-17,27H,5-8,10,12-14H2,(H,29,32)/t16-/m1/s1. The zero-order valence-electron chi connectivity index (χ0n) is 18.7. The molecule has 2 aromatic heterocycles. The van der Waals surface area contributed by atoms with Crippen molar-refractivity contribution in [3.8, 4) is 0 Å². The number of likely N-dealkylation sites (tertiary alicyclic amines) is 1. The molecule has 0 saturated carbocycles. The summed E-state index contributed by atoms with van der Waals surface area (Å²) in [6.45, 7) is 3.89. The van der Waals surface area contributed by atoms with Crippen molar-refractivity contribution >= 4 is 34.4 Å². The van der Waals surface area contributed by atoms with E-state index in [1.165, 1.54) is 12.3 Å². The minimum Gasteiger partial charge on any atom is -0.324 e. The van der Waals surface area contributed by atoms with Gasteiger partial charge in [0.2, 0.25) is 5.91 Å². The van der Waals surface area contributed by atoms with Gasteiger partial charge in [-0.25, -0.2) is 4.39 Å². The lowest BCUT2D eigenvalue weighted by Gasteiger charge is -2.34. The van der Waals surface area contributed by atoms with Crippen LogP contribution < -0.4 is 16.2 Å². The van der Waals surface area contributed by atoms with Crippen molar-refractivity contribution in [1.29, 1.82) is 0 Å². The Labute approximate surface area is 200 Å². The Hall–Kier alpha value is -2.75. The van der Waals surface area contributed by atoms with Crippen LogP contribution in [-0.4, -0.2) is 51.8 Å². The number of piperidine rings is 1. The van der Waals surface area contributed by atoms with Gasteiger partial charge < -0.3 is 20.1 Å². The third-order valence-electron chi connectivity index (χ3n) is 7.14. The molecule has 9 heteroatoms. The van der Waals surface area contributed by atoms with E-state index >= 15 is 0 Å². The first kappa shape index (κ1) is 21.8. The van der Waals surface area contributed by atoms with E-state index in [9.17, 15) is 14.0 Å². The summed E-state index contributed by atoms with van der Waals surface area (Å²) in [6, 6.07) is 9.89. The van der Waals surface area contributed by atoms with Crippen molar-refractivity contribution in [2.24, 2.45) is 0 Å². The number of amides is 1. The highest BCUT2D eigenvalue weighted by atomic mass is 32.2. The highest BCUT2D eigenvalue weighted by molar-refractivity contribution is 8.00. The van der Waals surface area contributed by atoms with E-state index in [4.69, 9.17) is 0 Å². The molecule has 3 aliphatic heterocycles. The summed E-state index contributed by atoms with van der Waals surface area (Å²) >= 11 is 1.58. The number of carbonyl (C=O) groups is 1. The predicted molar refractivity (Wildman–Crippen MR) is 131 cm³/mol. The topological polar surface area (TPSA) is 79.3 Å². The molecule has 1 aromatic carbocycles. The Morgan fingerprint density at radius 3 is 2.88 bits per heavy atom. The molecule has 1 atom stereocenters. The molecular weight excluding hydrogens is 453 g/mol. The molecule has 176 valence electrons. The van der Waals surface area contributed by atoms with Gasteiger partial charge in [0.25, 0.3) is 5.56 Å². The van der Waals surface area contributed by atoms with Crippen LogP contribution in [0.3, 0.4) is 0 Å². The number of fused-ring (bicyclic) bond motifs is 1. The van der Waals surface area contributed by atoms with Gasteiger partial charge in [-0.1, -0.05) is 6.07 Å². The lowest BCUT2D eigenvalue weighted by molar-refractivity contribution is -0.113. The zero-order chi connectivity index (χ0) is 23.2. The van der Waals surface area contributed by atoms with Crippen molar-refractivity contribution in [3.05, 3.63) is 63.8 Å². The highest BCUT2D eigenvalue weighted by Gasteiger charge is 2.31. The second-order valence-electron chi connectivity index (χ2n) is 9.36. The molecule has 0 spiro atoms. The van der Waals surface area contributed by atoms with E-state index in [1.54, 1.807) is 22.4 Å². The van der Waals surface area contributed by atoms with Gasteiger partial charge in [-0.2, -0.15) is 0 Å². The molecule has 0 bridgehead atoms. The van der Waals surface area contributed by atoms with E-state index in [1.807, 2.05) is 0 Å². The fraction of sp³-hybridized carbons (Fsp3) is 0.400. The third-order valence-corrected chi connectivity index (χ3v) is 8.21. The predicted octanol–water partition coefficient (Wildman–Crippen LogP) is 2.93. The second kappa shape index (κ2) is 8.79. The molecule has 6 rings (SSSR count). The molecule has 0 radical (unpaired) electrons. The summed E-state index contributed by atoms with van der Waals surface area (Å²) in [6.07, 6.45) is 3.32. The third kappa shape index (κ3) is 4.01. The molecule has 0 aliphatic carbocycles. The van der Waals surface area contributed by atoms with Crippen molar-refractivity contribution in [3.63, 3.8) is 0 Å². The summed E-state index contributed by atoms with van der Waals surface area (Å²) in [5.74, 6) is 0.183. The van der Waals surface area contributed by atoms with E-state index in [0.717, 1.165) is 55.2 Å². The van der Waals surface area contributed by atoms with Crippen LogP contribution in [-0.2, 0) is 17.9 Å². The number of thioether (sulfide) groups is 1. The smallest absolute Gasteiger partial charge is 0.251 e. The average Bonchev–Trinajstić information content (AvgIpc) is 3.23. The Balaban J connectivity index is 1.06. The fourth-order valence-electron chi connectivity index (χ4n) is 5.43. The number of nitrogens with one attached hydrogen (secondary N) is 2. The number of rotatable bonds is 5. The monoisotopic (exact) mass is 479 g/mol. The molecule has 7 nitrogen and oxygen atoms in total. The van der Waals surface area contributed by atoms with E-state index < -0.39 is 0 Å². The Morgan fingerprint density at radius 1 is 1.18 bits per heavy atom. The molecule has 1 amide bonds. The van der Waals surface area contributed by atoms with Crippen LogP contribution in [0.25, 0.3) is 11.0 Å². The fourth-order valence-corrected chi connectivity index (χ4v) is 6.22. The number of aromatic nitrogens is 2. The highest BCUT2D eigenvalue weighted by Crippen LogP contribution is 2.35. The van der Waals surface area contributed by atoms with Crippen molar-refractivity contribution in [2.45, 2.75) is 42.8 Å². The van der Waals surface area contributed by atoms with Crippen LogP contribution in [0.15, 0.2) is 46.2 Å². The SMILES string of the molecule is O=C1CSc2ccc(CNC3CCN(C[C@@H]4Cn5c(=O)ccc6ncc(F)c4c65)CC3)cc2N1. The molecule has 1 fully saturated rings. The Kier molecular flexibility index (Phi) is 5.63. The molecule has 3 aromatic rings. The van der Waals surface area contributed by atoms with Crippen LogP contribution in [0, 0.1) is 5.82 Å². The van der Waals surface area contributed by atoms with Gasteiger partial charge in [0.1, 0.15) is 5.82 Å². The maximum Gasteiger partial charge on any atom is 0.251 e. The van der Waals surface area contributed by atoms with Crippen LogP contribution in [0.2, 0.25) is 0 Å². The van der Waals surface area contributed by atoms with Crippen LogP contribution >= 0.6 is 11.8 Å². The molecule has 0 unspecified atom stereocenters. The maximum absolute atomic E-state index is 14.7. The van der Waals surface area contributed by atoms with Crippen LogP contribution in [0.5, 0.6) is 0 Å². The maximum atomic E-state index is 14.7. The molecule has 3 aliphatic rings. The zero-order valence-corrected chi connectivity index (χ0v) is 19.5. The van der Waals surface area contributed by atoms with Crippen molar-refractivity contribution in [1.82, 2.24) is 19.8 Å². The largest absolute Gasteiger partial charge is 0.324 e. The van der Waals surface area contributed by atoms with Crippen molar-refractivity contribution < 1.29 is 9.18 Å². The van der Waals surface area contributed by atoms with Crippen molar-refractivity contribution in [2.75, 3.05) is 30.7 Å². The molecule has 1 saturated heterocycles. The summed E-state index contributed by atoms with van der Waals surface area (Å²) in [5, 5.41) is 6.61. The molecule has 5 heterocycles. The van der Waals surface area contributed by atoms with Gasteiger partial charge in [0, 0.05) is 48.1 Å². The number of nitrogens with zero attached hydrogens (tertiary/aromatic N) is 3. The number of hydrogen-bond donors (Lipinski definition) is 2. The molecule has 34 heavy (non-hydrogen) atoms. The minimum atomic E-state index is -0.314. The quantitative estimate of drug-likeness (QED) is 0.586. The molecular formula is C25H26FN5O2S. The van der Waals surface area contributed by atoms with E-state index in [-0.39, 0.29) is 23.2 Å². The lowest BCUT2D eigenvalue weighted by Crippen LogP contribution is -2.43. The van der Waals surface area contributed by atoms with E-state index in [0.29, 0.717) is 34.9 Å². The van der Waals surface area contributed by atoms with Gasteiger partial charge in [0.05, 0.1) is 28.7 Å². The number of hydrogen-bond acceptors (Lipinski definition) is 6. The van der Waals surface area contributed by atoms with Crippen LogP contribution in [0.4, 0.5) is 10.1 Å². The number of anilines is 1. The number of halogens is 1. The van der Waals surface area contributed by atoms with Gasteiger partial charge in [-0.3, -0.25) is 14.6 Å². The van der Waals surface area contributed by atoms with Gasteiger partial charge in [-0.15, -0.1) is 11.8 Å². The Bertz CT molecular complexity index is 1330. The van der Waals surface area contributed by atoms with Gasteiger partial charge in [-0.05, 0) is 49.7 Å². The summed E-state index contributed by atoms with van der Waals surface area (Å²) in [7, 11) is 0. The number of benzene rings is 1. The van der Waals surface area contributed by atoms with E-state index in [2.05, 4.69) is 38.7 Å². The summed E-state index contributed by atoms with van der Waals surface area (Å²) < 4.78 is 16.4. The van der Waals surface area contributed by atoms with Crippen LogP contribution in [0.1, 0.15) is 29.9 Å². The second-order valence-corrected chi connectivity index (χ2v) is 10.4. The first-order chi connectivity index (χ1) is 16.5. The normalized spacial score (nSPS) is 20.5. The van der Waals surface area contributed by atoms with Gasteiger partial charge >= 0.3 is 0 Å². The summed E-state index contributed by atoms with van der Waals surface area (Å²) in [4.78, 5) is 31.7. The summed E-state index contributed by atoms with van der Waals surface area (Å²) in [5.41, 5.74) is 3.96.